The smallest absolute Gasteiger partial charge is 0.303 e. The first kappa shape index (κ1) is 25.3. The molecule has 1 heterocycles. The van der Waals surface area contributed by atoms with E-state index >= 15 is 0 Å². The van der Waals surface area contributed by atoms with Crippen LogP contribution in [0.5, 0.6) is 5.75 Å². The Labute approximate surface area is 221 Å². The number of nitrogens with one attached hydrogen (secondary N) is 1. The van der Waals surface area contributed by atoms with Crippen molar-refractivity contribution < 1.29 is 23.8 Å². The van der Waals surface area contributed by atoms with Crippen molar-refractivity contribution in [2.45, 2.75) is 45.1 Å². The van der Waals surface area contributed by atoms with Crippen LogP contribution in [0.4, 0.5) is 0 Å². The van der Waals surface area contributed by atoms with Crippen molar-refractivity contribution in [1.29, 1.82) is 0 Å². The second-order valence-electron chi connectivity index (χ2n) is 9.46. The lowest BCUT2D eigenvalue weighted by Crippen LogP contribution is -2.28. The Morgan fingerprint density at radius 1 is 1.05 bits per heavy atom. The number of hydrogen-bond acceptors (Lipinski definition) is 5. The zero-order valence-electron chi connectivity index (χ0n) is 21.3. The summed E-state index contributed by atoms with van der Waals surface area (Å²) in [6.07, 6.45) is 2.52. The quantitative estimate of drug-likeness (QED) is 0.284. The predicted octanol–water partition coefficient (Wildman–Crippen LogP) is 5.71. The number of carboxylic acid groups (broad SMARTS) is 1. The van der Waals surface area contributed by atoms with Gasteiger partial charge in [-0.15, -0.1) is 0 Å². The molecule has 0 saturated heterocycles. The van der Waals surface area contributed by atoms with Gasteiger partial charge in [-0.3, -0.25) is 9.59 Å². The standard InChI is InChI=1S/C31H30N2O5/c1-20-27(33-31(38-20)23-8-3-2-4-9-23)17-18-37-24-14-11-22(13-16-29(34)35)26(19-24)30(36)32-28-15-12-21-7-5-6-10-25(21)28/h2-11,14,19,28H,12-13,15-18H2,1H3,(H,32,36)(H,34,35)/t28-/m1/s1. The molecular formula is C31H30N2O5. The van der Waals surface area contributed by atoms with Crippen LogP contribution in [-0.4, -0.2) is 28.6 Å². The molecule has 1 aromatic heterocycles. The first-order valence-corrected chi connectivity index (χ1v) is 12.9. The highest BCUT2D eigenvalue weighted by Gasteiger charge is 2.25. The van der Waals surface area contributed by atoms with Crippen LogP contribution in [0, 0.1) is 6.92 Å². The molecule has 38 heavy (non-hydrogen) atoms. The van der Waals surface area contributed by atoms with Gasteiger partial charge in [-0.2, -0.15) is 0 Å². The Balaban J connectivity index is 1.28. The summed E-state index contributed by atoms with van der Waals surface area (Å²) in [4.78, 5) is 29.2. The molecule has 7 nitrogen and oxygen atoms in total. The molecule has 0 bridgehead atoms. The van der Waals surface area contributed by atoms with Crippen molar-refractivity contribution in [3.05, 3.63) is 107 Å². The maximum Gasteiger partial charge on any atom is 0.303 e. The molecule has 0 aliphatic heterocycles. The fourth-order valence-corrected chi connectivity index (χ4v) is 4.89. The molecule has 0 unspecified atom stereocenters. The number of aromatic nitrogens is 1. The van der Waals surface area contributed by atoms with Gasteiger partial charge in [-0.25, -0.2) is 4.98 Å². The van der Waals surface area contributed by atoms with Gasteiger partial charge in [0.05, 0.1) is 18.3 Å². The Morgan fingerprint density at radius 3 is 2.66 bits per heavy atom. The van der Waals surface area contributed by atoms with E-state index in [1.54, 1.807) is 18.2 Å². The molecule has 5 rings (SSSR count). The van der Waals surface area contributed by atoms with Crippen LogP contribution in [0.1, 0.15) is 57.4 Å². The van der Waals surface area contributed by atoms with Gasteiger partial charge in [0, 0.05) is 24.0 Å². The highest BCUT2D eigenvalue weighted by Crippen LogP contribution is 2.31. The van der Waals surface area contributed by atoms with Crippen molar-refractivity contribution in [3.8, 4) is 17.2 Å². The van der Waals surface area contributed by atoms with Crippen LogP contribution in [-0.2, 0) is 24.1 Å². The summed E-state index contributed by atoms with van der Waals surface area (Å²) in [5.41, 5.74) is 5.25. The number of aryl methyl sites for hydroxylation is 3. The minimum atomic E-state index is -0.903. The minimum Gasteiger partial charge on any atom is -0.493 e. The van der Waals surface area contributed by atoms with Crippen molar-refractivity contribution in [1.82, 2.24) is 10.3 Å². The molecule has 4 aromatic rings. The lowest BCUT2D eigenvalue weighted by atomic mass is 10.0. The Hall–Kier alpha value is -4.39. The SMILES string of the molecule is Cc1oc(-c2ccccc2)nc1CCOc1ccc(CCC(=O)O)c(C(=O)N[C@@H]2CCc3ccccc32)c1. The van der Waals surface area contributed by atoms with E-state index in [1.165, 1.54) is 5.56 Å². The predicted molar refractivity (Wildman–Crippen MR) is 143 cm³/mol. The largest absolute Gasteiger partial charge is 0.493 e. The number of hydrogen-bond donors (Lipinski definition) is 2. The number of carbonyl (C=O) groups is 2. The van der Waals surface area contributed by atoms with Crippen LogP contribution in [0.3, 0.4) is 0 Å². The van der Waals surface area contributed by atoms with Crippen LogP contribution in [0.25, 0.3) is 11.5 Å². The zero-order valence-corrected chi connectivity index (χ0v) is 21.3. The summed E-state index contributed by atoms with van der Waals surface area (Å²) < 4.78 is 11.8. The molecule has 0 spiro atoms. The fourth-order valence-electron chi connectivity index (χ4n) is 4.89. The molecule has 2 N–H and O–H groups in total. The van der Waals surface area contributed by atoms with Crippen molar-refractivity contribution in [2.24, 2.45) is 0 Å². The van der Waals surface area contributed by atoms with Gasteiger partial charge in [0.25, 0.3) is 5.91 Å². The average molecular weight is 511 g/mol. The van der Waals surface area contributed by atoms with Gasteiger partial charge in [0.15, 0.2) is 0 Å². The number of ether oxygens (including phenoxy) is 1. The van der Waals surface area contributed by atoms with Gasteiger partial charge >= 0.3 is 5.97 Å². The maximum absolute atomic E-state index is 13.4. The number of oxazole rings is 1. The summed E-state index contributed by atoms with van der Waals surface area (Å²) in [5.74, 6) is 0.740. The summed E-state index contributed by atoms with van der Waals surface area (Å²) in [6.45, 7) is 2.24. The van der Waals surface area contributed by atoms with E-state index in [2.05, 4.69) is 16.4 Å². The van der Waals surface area contributed by atoms with E-state index in [0.29, 0.717) is 35.8 Å². The zero-order chi connectivity index (χ0) is 26.5. The number of fused-ring (bicyclic) bond motifs is 1. The second-order valence-corrected chi connectivity index (χ2v) is 9.46. The minimum absolute atomic E-state index is 0.0536. The molecule has 0 saturated carbocycles. The molecule has 1 aliphatic rings. The van der Waals surface area contributed by atoms with Crippen molar-refractivity contribution in [3.63, 3.8) is 0 Å². The van der Waals surface area contributed by atoms with E-state index in [0.717, 1.165) is 35.4 Å². The molecule has 1 aliphatic carbocycles. The molecule has 1 amide bonds. The van der Waals surface area contributed by atoms with Crippen LogP contribution >= 0.6 is 0 Å². The van der Waals surface area contributed by atoms with Crippen LogP contribution < -0.4 is 10.1 Å². The first-order chi connectivity index (χ1) is 18.5. The van der Waals surface area contributed by atoms with Crippen molar-refractivity contribution >= 4 is 11.9 Å². The molecule has 3 aromatic carbocycles. The first-order valence-electron chi connectivity index (χ1n) is 12.9. The third-order valence-corrected chi connectivity index (χ3v) is 6.89. The third kappa shape index (κ3) is 5.78. The van der Waals surface area contributed by atoms with Gasteiger partial charge in [0.2, 0.25) is 5.89 Å². The van der Waals surface area contributed by atoms with Gasteiger partial charge in [0.1, 0.15) is 11.5 Å². The van der Waals surface area contributed by atoms with E-state index in [9.17, 15) is 14.7 Å². The van der Waals surface area contributed by atoms with Gasteiger partial charge in [-0.1, -0.05) is 48.5 Å². The number of aliphatic carboxylic acids is 1. The molecule has 194 valence electrons. The Bertz CT molecular complexity index is 1440. The molecule has 0 radical (unpaired) electrons. The number of rotatable bonds is 10. The Morgan fingerprint density at radius 2 is 1.84 bits per heavy atom. The lowest BCUT2D eigenvalue weighted by Gasteiger charge is -2.17. The van der Waals surface area contributed by atoms with E-state index in [4.69, 9.17) is 9.15 Å². The second kappa shape index (κ2) is 11.3. The summed E-state index contributed by atoms with van der Waals surface area (Å²) in [6, 6.07) is 23.1. The highest BCUT2D eigenvalue weighted by molar-refractivity contribution is 5.96. The molecule has 7 heteroatoms. The lowest BCUT2D eigenvalue weighted by molar-refractivity contribution is -0.136. The molecular weight excluding hydrogens is 480 g/mol. The number of carboxylic acids is 1. The molecule has 1 atom stereocenters. The number of carbonyl (C=O) groups excluding carboxylic acids is 1. The van der Waals surface area contributed by atoms with E-state index in [1.807, 2.05) is 55.5 Å². The fraction of sp³-hybridized carbons (Fsp3) is 0.258. The average Bonchev–Trinajstić information content (AvgIpc) is 3.51. The normalized spacial score (nSPS) is 14.2. The van der Waals surface area contributed by atoms with Crippen LogP contribution in [0.2, 0.25) is 0 Å². The maximum atomic E-state index is 13.4. The van der Waals surface area contributed by atoms with Gasteiger partial charge in [-0.05, 0) is 67.1 Å². The van der Waals surface area contributed by atoms with Gasteiger partial charge < -0.3 is 19.6 Å². The Kier molecular flexibility index (Phi) is 7.54. The summed E-state index contributed by atoms with van der Waals surface area (Å²) in [7, 11) is 0. The van der Waals surface area contributed by atoms with E-state index in [-0.39, 0.29) is 24.8 Å². The third-order valence-electron chi connectivity index (χ3n) is 6.89. The number of nitrogens with zero attached hydrogens (tertiary/aromatic N) is 1. The van der Waals surface area contributed by atoms with Crippen LogP contribution in [0.15, 0.2) is 77.2 Å². The van der Waals surface area contributed by atoms with Crippen molar-refractivity contribution in [2.75, 3.05) is 6.61 Å². The monoisotopic (exact) mass is 510 g/mol. The summed E-state index contributed by atoms with van der Waals surface area (Å²) in [5, 5.41) is 12.3. The van der Waals surface area contributed by atoms with E-state index < -0.39 is 5.97 Å². The molecule has 0 fully saturated rings. The topological polar surface area (TPSA) is 102 Å². The highest BCUT2D eigenvalue weighted by atomic mass is 16.5. The summed E-state index contributed by atoms with van der Waals surface area (Å²) >= 11 is 0. The number of benzene rings is 3. The number of amides is 1.